The molecule has 1 aromatic rings. The van der Waals surface area contributed by atoms with Gasteiger partial charge in [-0.3, -0.25) is 4.79 Å². The Bertz CT molecular complexity index is 309. The number of carbonyl (C=O) groups is 1. The molecule has 1 heterocycles. The predicted molar refractivity (Wildman–Crippen MR) is 46.8 cm³/mol. The summed E-state index contributed by atoms with van der Waals surface area (Å²) in [6.45, 7) is 1.86. The highest BCUT2D eigenvalue weighted by atomic mass is 16.1. The first-order valence-corrected chi connectivity index (χ1v) is 3.59. The first kappa shape index (κ1) is 8.52. The highest BCUT2D eigenvalue weighted by Gasteiger charge is 2.07. The molecule has 0 aliphatic rings. The third-order valence-corrected chi connectivity index (χ3v) is 1.53. The van der Waals surface area contributed by atoms with E-state index < -0.39 is 0 Å². The summed E-state index contributed by atoms with van der Waals surface area (Å²) < 4.78 is 0. The van der Waals surface area contributed by atoms with Gasteiger partial charge in [0.25, 0.3) is 5.91 Å². The molecular formula is C8H11N3O. The number of hydrogen-bond donors (Lipinski definition) is 2. The number of carbonyl (C=O) groups excluding carboxylic acids is 1. The minimum atomic E-state index is -0.205. The van der Waals surface area contributed by atoms with Crippen molar-refractivity contribution in [3.05, 3.63) is 23.4 Å². The van der Waals surface area contributed by atoms with Gasteiger partial charge in [-0.15, -0.1) is 0 Å². The van der Waals surface area contributed by atoms with Gasteiger partial charge in [-0.1, -0.05) is 0 Å². The van der Waals surface area contributed by atoms with E-state index in [-0.39, 0.29) is 11.7 Å². The summed E-state index contributed by atoms with van der Waals surface area (Å²) in [4.78, 5) is 15.0. The lowest BCUT2D eigenvalue weighted by Gasteiger charge is -2.03. The van der Waals surface area contributed by atoms with Gasteiger partial charge >= 0.3 is 0 Å². The van der Waals surface area contributed by atoms with E-state index in [0.717, 1.165) is 5.56 Å². The molecule has 0 aliphatic heterocycles. The van der Waals surface area contributed by atoms with E-state index in [1.54, 1.807) is 19.3 Å². The Kier molecular flexibility index (Phi) is 2.28. The van der Waals surface area contributed by atoms with Crippen molar-refractivity contribution in [1.29, 1.82) is 0 Å². The van der Waals surface area contributed by atoms with Crippen LogP contribution in [0.25, 0.3) is 0 Å². The Labute approximate surface area is 70.8 Å². The molecule has 1 amide bonds. The van der Waals surface area contributed by atoms with Crippen LogP contribution in [0.1, 0.15) is 15.9 Å². The van der Waals surface area contributed by atoms with Gasteiger partial charge in [0.2, 0.25) is 0 Å². The summed E-state index contributed by atoms with van der Waals surface area (Å²) >= 11 is 0. The van der Waals surface area contributed by atoms with E-state index in [9.17, 15) is 4.79 Å². The Morgan fingerprint density at radius 3 is 2.92 bits per heavy atom. The largest absolute Gasteiger partial charge is 0.383 e. The minimum absolute atomic E-state index is 0.205. The van der Waals surface area contributed by atoms with Crippen LogP contribution >= 0.6 is 0 Å². The molecule has 4 nitrogen and oxygen atoms in total. The molecule has 64 valence electrons. The molecule has 3 N–H and O–H groups in total. The number of anilines is 1. The number of amides is 1. The molecule has 12 heavy (non-hydrogen) atoms. The van der Waals surface area contributed by atoms with Crippen molar-refractivity contribution in [3.63, 3.8) is 0 Å². The molecule has 0 fully saturated rings. The molecule has 1 rings (SSSR count). The summed E-state index contributed by atoms with van der Waals surface area (Å²) in [6.07, 6.45) is 1.63. The van der Waals surface area contributed by atoms with Crippen LogP contribution in [0, 0.1) is 6.92 Å². The van der Waals surface area contributed by atoms with Crippen LogP contribution in [0.3, 0.4) is 0 Å². The van der Waals surface area contributed by atoms with Crippen molar-refractivity contribution < 1.29 is 4.79 Å². The van der Waals surface area contributed by atoms with Gasteiger partial charge in [0.05, 0.1) is 5.56 Å². The van der Waals surface area contributed by atoms with Gasteiger partial charge in [-0.2, -0.15) is 0 Å². The lowest BCUT2D eigenvalue weighted by molar-refractivity contribution is 0.0963. The van der Waals surface area contributed by atoms with Crippen molar-refractivity contribution in [3.8, 4) is 0 Å². The first-order chi connectivity index (χ1) is 5.65. The average molecular weight is 165 g/mol. The molecule has 0 bridgehead atoms. The van der Waals surface area contributed by atoms with Crippen LogP contribution in [-0.4, -0.2) is 17.9 Å². The average Bonchev–Trinajstić information content (AvgIpc) is 2.08. The third-order valence-electron chi connectivity index (χ3n) is 1.53. The maximum absolute atomic E-state index is 11.2. The van der Waals surface area contributed by atoms with Crippen LogP contribution in [0.5, 0.6) is 0 Å². The fraction of sp³-hybridized carbons (Fsp3) is 0.250. The van der Waals surface area contributed by atoms with E-state index >= 15 is 0 Å². The molecule has 0 unspecified atom stereocenters. The van der Waals surface area contributed by atoms with Crippen LogP contribution in [0.15, 0.2) is 12.3 Å². The lowest BCUT2D eigenvalue weighted by Crippen LogP contribution is -2.19. The van der Waals surface area contributed by atoms with E-state index in [2.05, 4.69) is 10.3 Å². The normalized spacial score (nSPS) is 9.50. The number of aryl methyl sites for hydroxylation is 1. The van der Waals surface area contributed by atoms with Crippen molar-refractivity contribution >= 4 is 11.7 Å². The number of nitrogen functional groups attached to an aromatic ring is 1. The van der Waals surface area contributed by atoms with E-state index in [1.807, 2.05) is 6.92 Å². The Morgan fingerprint density at radius 2 is 2.33 bits per heavy atom. The maximum Gasteiger partial charge on any atom is 0.254 e. The molecule has 0 aromatic carbocycles. The molecule has 1 aromatic heterocycles. The number of aromatic nitrogens is 1. The number of nitrogens with one attached hydrogen (secondary N) is 1. The molecular weight excluding hydrogens is 154 g/mol. The highest BCUT2D eigenvalue weighted by molar-refractivity contribution is 5.98. The third kappa shape index (κ3) is 1.53. The van der Waals surface area contributed by atoms with Crippen molar-refractivity contribution in [2.45, 2.75) is 6.92 Å². The monoisotopic (exact) mass is 165 g/mol. The number of rotatable bonds is 1. The zero-order chi connectivity index (χ0) is 9.14. The lowest BCUT2D eigenvalue weighted by atomic mass is 10.2. The van der Waals surface area contributed by atoms with Gasteiger partial charge in [-0.05, 0) is 18.6 Å². The van der Waals surface area contributed by atoms with E-state index in [0.29, 0.717) is 5.56 Å². The fourth-order valence-corrected chi connectivity index (χ4v) is 0.896. The zero-order valence-electron chi connectivity index (χ0n) is 7.09. The summed E-state index contributed by atoms with van der Waals surface area (Å²) in [6, 6.07) is 1.71. The van der Waals surface area contributed by atoms with Gasteiger partial charge in [0.15, 0.2) is 0 Å². The first-order valence-electron chi connectivity index (χ1n) is 3.59. The second-order valence-corrected chi connectivity index (χ2v) is 2.52. The van der Waals surface area contributed by atoms with Gasteiger partial charge < -0.3 is 11.1 Å². The molecule has 0 saturated heterocycles. The zero-order valence-corrected chi connectivity index (χ0v) is 7.09. The number of hydrogen-bond acceptors (Lipinski definition) is 3. The maximum atomic E-state index is 11.2. The van der Waals surface area contributed by atoms with Gasteiger partial charge in [0.1, 0.15) is 5.82 Å². The summed E-state index contributed by atoms with van der Waals surface area (Å²) in [5, 5.41) is 2.49. The Morgan fingerprint density at radius 1 is 1.67 bits per heavy atom. The Hall–Kier alpha value is -1.58. The fourth-order valence-electron chi connectivity index (χ4n) is 0.896. The number of pyridine rings is 1. The predicted octanol–water partition coefficient (Wildman–Crippen LogP) is 0.332. The smallest absolute Gasteiger partial charge is 0.254 e. The standard InChI is InChI=1S/C8H11N3O/c1-5-3-6(8(12)10-2)7(9)11-4-5/h3-4H,1-2H3,(H2,9,11)(H,10,12). The summed E-state index contributed by atoms with van der Waals surface area (Å²) in [5.74, 6) is 0.0589. The summed E-state index contributed by atoms with van der Waals surface area (Å²) in [7, 11) is 1.56. The topological polar surface area (TPSA) is 68.0 Å². The SMILES string of the molecule is CNC(=O)c1cc(C)cnc1N. The van der Waals surface area contributed by atoms with Gasteiger partial charge in [-0.25, -0.2) is 4.98 Å². The number of nitrogens with two attached hydrogens (primary N) is 1. The van der Waals surface area contributed by atoms with Crippen molar-refractivity contribution in [2.24, 2.45) is 0 Å². The van der Waals surface area contributed by atoms with E-state index in [1.165, 1.54) is 0 Å². The summed E-state index contributed by atoms with van der Waals surface area (Å²) in [5.41, 5.74) is 6.84. The van der Waals surface area contributed by atoms with Crippen LogP contribution in [0.4, 0.5) is 5.82 Å². The minimum Gasteiger partial charge on any atom is -0.383 e. The second-order valence-electron chi connectivity index (χ2n) is 2.52. The van der Waals surface area contributed by atoms with Crippen molar-refractivity contribution in [1.82, 2.24) is 10.3 Å². The van der Waals surface area contributed by atoms with Crippen LogP contribution in [-0.2, 0) is 0 Å². The number of nitrogens with zero attached hydrogens (tertiary/aromatic N) is 1. The quantitative estimate of drug-likeness (QED) is 0.630. The second kappa shape index (κ2) is 3.21. The van der Waals surface area contributed by atoms with Crippen LogP contribution in [0.2, 0.25) is 0 Å². The molecule has 0 atom stereocenters. The highest BCUT2D eigenvalue weighted by Crippen LogP contribution is 2.09. The molecule has 0 aliphatic carbocycles. The molecule has 4 heteroatoms. The van der Waals surface area contributed by atoms with Crippen molar-refractivity contribution in [2.75, 3.05) is 12.8 Å². The molecule has 0 saturated carbocycles. The van der Waals surface area contributed by atoms with Gasteiger partial charge in [0, 0.05) is 13.2 Å². The van der Waals surface area contributed by atoms with Crippen LogP contribution < -0.4 is 11.1 Å². The molecule has 0 radical (unpaired) electrons. The Balaban J connectivity index is 3.13. The van der Waals surface area contributed by atoms with E-state index in [4.69, 9.17) is 5.73 Å². The molecule has 0 spiro atoms.